The number of rotatable bonds is 3. The van der Waals surface area contributed by atoms with Crippen LogP contribution in [0.5, 0.6) is 0 Å². The minimum absolute atomic E-state index is 0.564. The molecule has 1 N–H and O–H groups in total. The van der Waals surface area contributed by atoms with Crippen LogP contribution in [0.25, 0.3) is 17.2 Å². The molecule has 6 nitrogen and oxygen atoms in total. The van der Waals surface area contributed by atoms with Crippen molar-refractivity contribution >= 4 is 17.4 Å². The Morgan fingerprint density at radius 1 is 1.22 bits per heavy atom. The topological polar surface area (TPSA) is 68.0 Å². The summed E-state index contributed by atoms with van der Waals surface area (Å²) in [6, 6.07) is 0. The van der Waals surface area contributed by atoms with Gasteiger partial charge in [0.15, 0.2) is 0 Å². The Morgan fingerprint density at radius 2 is 2.13 bits per heavy atom. The molecule has 0 spiro atoms. The summed E-state index contributed by atoms with van der Waals surface area (Å²) < 4.78 is 1.85. The predicted octanol–water partition coefficient (Wildman–Crippen LogP) is 2.38. The number of aromatic nitrogens is 5. The summed E-state index contributed by atoms with van der Waals surface area (Å²) >= 11 is 6.04. The van der Waals surface area contributed by atoms with Crippen molar-refractivity contribution in [1.29, 1.82) is 0 Å². The van der Waals surface area contributed by atoms with E-state index in [-0.39, 0.29) is 0 Å². The van der Waals surface area contributed by atoms with Crippen molar-refractivity contribution in [3.63, 3.8) is 0 Å². The summed E-state index contributed by atoms with van der Waals surface area (Å²) in [7, 11) is 0. The number of halogens is 1. The van der Waals surface area contributed by atoms with E-state index in [0.29, 0.717) is 16.7 Å². The highest BCUT2D eigenvalue weighted by Crippen LogP contribution is 2.21. The lowest BCUT2D eigenvalue weighted by Gasteiger charge is -2.22. The molecule has 1 saturated heterocycles. The molecular weight excluding hydrogens is 312 g/mol. The molecule has 3 aromatic heterocycles. The molecule has 3 aromatic rings. The summed E-state index contributed by atoms with van der Waals surface area (Å²) in [6.07, 6.45) is 12.2. The Bertz CT molecular complexity index is 824. The second-order valence-corrected chi connectivity index (χ2v) is 6.33. The van der Waals surface area contributed by atoms with Gasteiger partial charge in [-0.25, -0.2) is 15.0 Å². The van der Waals surface area contributed by atoms with E-state index in [1.807, 2.05) is 10.6 Å². The SMILES string of the molecule is Clc1cnc2ncc(-c3cncc(CC4CCCNC4)n3)n2c1. The van der Waals surface area contributed by atoms with Crippen LogP contribution >= 0.6 is 11.6 Å². The zero-order valence-corrected chi connectivity index (χ0v) is 13.4. The van der Waals surface area contributed by atoms with E-state index < -0.39 is 0 Å². The standard InChI is InChI=1S/C16H17ClN6/c17-12-6-20-16-21-9-15(23(16)10-12)14-8-19-7-13(22-14)4-11-2-1-3-18-5-11/h6-11,18H,1-5H2. The summed E-state index contributed by atoms with van der Waals surface area (Å²) in [6.45, 7) is 2.18. The Hall–Kier alpha value is -2.05. The molecule has 23 heavy (non-hydrogen) atoms. The van der Waals surface area contributed by atoms with Crippen LogP contribution in [-0.4, -0.2) is 37.4 Å². The highest BCUT2D eigenvalue weighted by Gasteiger charge is 2.15. The maximum Gasteiger partial charge on any atom is 0.234 e. The number of nitrogens with one attached hydrogen (secondary N) is 1. The maximum atomic E-state index is 6.04. The van der Waals surface area contributed by atoms with Crippen LogP contribution in [0, 0.1) is 5.92 Å². The Balaban J connectivity index is 1.65. The largest absolute Gasteiger partial charge is 0.316 e. The van der Waals surface area contributed by atoms with Crippen molar-refractivity contribution in [2.24, 2.45) is 5.92 Å². The van der Waals surface area contributed by atoms with Gasteiger partial charge < -0.3 is 5.32 Å². The van der Waals surface area contributed by atoms with Gasteiger partial charge in [-0.2, -0.15) is 0 Å². The van der Waals surface area contributed by atoms with Gasteiger partial charge in [-0.15, -0.1) is 0 Å². The van der Waals surface area contributed by atoms with Crippen LogP contribution in [0.1, 0.15) is 18.5 Å². The predicted molar refractivity (Wildman–Crippen MR) is 88.3 cm³/mol. The molecule has 1 fully saturated rings. The van der Waals surface area contributed by atoms with Crippen molar-refractivity contribution in [3.05, 3.63) is 41.7 Å². The molecular formula is C16H17ClN6. The summed E-state index contributed by atoms with van der Waals surface area (Å²) in [4.78, 5) is 17.6. The molecule has 1 atom stereocenters. The van der Waals surface area contributed by atoms with Crippen LogP contribution in [0.15, 0.2) is 31.0 Å². The second-order valence-electron chi connectivity index (χ2n) is 5.90. The van der Waals surface area contributed by atoms with Crippen molar-refractivity contribution in [3.8, 4) is 11.4 Å². The van der Waals surface area contributed by atoms with Gasteiger partial charge >= 0.3 is 0 Å². The van der Waals surface area contributed by atoms with Gasteiger partial charge in [0.25, 0.3) is 0 Å². The molecule has 7 heteroatoms. The van der Waals surface area contributed by atoms with Crippen LogP contribution in [0.3, 0.4) is 0 Å². The Labute approximate surface area is 139 Å². The van der Waals surface area contributed by atoms with E-state index in [0.717, 1.165) is 36.6 Å². The van der Waals surface area contributed by atoms with Crippen molar-refractivity contribution in [2.45, 2.75) is 19.3 Å². The van der Waals surface area contributed by atoms with Crippen LogP contribution < -0.4 is 5.32 Å². The molecule has 0 radical (unpaired) electrons. The first-order chi connectivity index (χ1) is 11.3. The molecule has 1 unspecified atom stereocenters. The number of hydrogen-bond acceptors (Lipinski definition) is 5. The van der Waals surface area contributed by atoms with Gasteiger partial charge in [0.2, 0.25) is 5.78 Å². The fraction of sp³-hybridized carbons (Fsp3) is 0.375. The first kappa shape index (κ1) is 14.5. The quantitative estimate of drug-likeness (QED) is 0.799. The van der Waals surface area contributed by atoms with E-state index >= 15 is 0 Å². The second kappa shape index (κ2) is 6.22. The maximum absolute atomic E-state index is 6.04. The molecule has 1 aliphatic rings. The van der Waals surface area contributed by atoms with Crippen molar-refractivity contribution < 1.29 is 0 Å². The monoisotopic (exact) mass is 328 g/mol. The van der Waals surface area contributed by atoms with Gasteiger partial charge in [0.1, 0.15) is 5.69 Å². The zero-order valence-electron chi connectivity index (χ0n) is 12.6. The van der Waals surface area contributed by atoms with Gasteiger partial charge in [-0.1, -0.05) is 11.6 Å². The molecule has 118 valence electrons. The van der Waals surface area contributed by atoms with Gasteiger partial charge in [-0.05, 0) is 38.3 Å². The minimum atomic E-state index is 0.564. The van der Waals surface area contributed by atoms with E-state index in [9.17, 15) is 0 Å². The molecule has 0 amide bonds. The van der Waals surface area contributed by atoms with E-state index in [2.05, 4.69) is 20.3 Å². The van der Waals surface area contributed by atoms with Crippen LogP contribution in [0.4, 0.5) is 0 Å². The average Bonchev–Trinajstić information content (AvgIpc) is 2.99. The third kappa shape index (κ3) is 3.04. The van der Waals surface area contributed by atoms with E-state index in [4.69, 9.17) is 16.6 Å². The average molecular weight is 329 g/mol. The fourth-order valence-electron chi connectivity index (χ4n) is 3.06. The third-order valence-corrected chi connectivity index (χ3v) is 4.37. The molecule has 1 aliphatic heterocycles. The lowest BCUT2D eigenvalue weighted by atomic mass is 9.95. The smallest absolute Gasteiger partial charge is 0.234 e. The normalized spacial score (nSPS) is 18.4. The van der Waals surface area contributed by atoms with Gasteiger partial charge in [0, 0.05) is 12.4 Å². The van der Waals surface area contributed by atoms with E-state index in [1.165, 1.54) is 12.8 Å². The third-order valence-electron chi connectivity index (χ3n) is 4.18. The van der Waals surface area contributed by atoms with Gasteiger partial charge in [0.05, 0.1) is 35.0 Å². The molecule has 0 aliphatic carbocycles. The summed E-state index contributed by atoms with van der Waals surface area (Å²) in [5.41, 5.74) is 2.66. The summed E-state index contributed by atoms with van der Waals surface area (Å²) in [5, 5.41) is 4.01. The number of piperidine rings is 1. The molecule has 0 bridgehead atoms. The first-order valence-corrected chi connectivity index (χ1v) is 8.18. The minimum Gasteiger partial charge on any atom is -0.316 e. The number of hydrogen-bond donors (Lipinski definition) is 1. The number of fused-ring (bicyclic) bond motifs is 1. The molecule has 4 heterocycles. The lowest BCUT2D eigenvalue weighted by molar-refractivity contribution is 0.373. The first-order valence-electron chi connectivity index (χ1n) is 7.80. The highest BCUT2D eigenvalue weighted by atomic mass is 35.5. The van der Waals surface area contributed by atoms with Crippen molar-refractivity contribution in [2.75, 3.05) is 13.1 Å². The molecule has 0 saturated carbocycles. The number of nitrogens with zero attached hydrogens (tertiary/aromatic N) is 5. The number of imidazole rings is 1. The molecule has 0 aromatic carbocycles. The Morgan fingerprint density at radius 3 is 3.00 bits per heavy atom. The summed E-state index contributed by atoms with van der Waals surface area (Å²) in [5.74, 6) is 1.24. The molecule has 4 rings (SSSR count). The van der Waals surface area contributed by atoms with Crippen LogP contribution in [-0.2, 0) is 6.42 Å². The fourth-order valence-corrected chi connectivity index (χ4v) is 3.21. The van der Waals surface area contributed by atoms with Gasteiger partial charge in [-0.3, -0.25) is 9.38 Å². The van der Waals surface area contributed by atoms with Crippen molar-refractivity contribution in [1.82, 2.24) is 29.7 Å². The van der Waals surface area contributed by atoms with Crippen LogP contribution in [0.2, 0.25) is 5.02 Å². The zero-order chi connectivity index (χ0) is 15.6. The lowest BCUT2D eigenvalue weighted by Crippen LogP contribution is -2.31. The highest BCUT2D eigenvalue weighted by molar-refractivity contribution is 6.30. The van der Waals surface area contributed by atoms with E-state index in [1.54, 1.807) is 24.8 Å². The Kier molecular flexibility index (Phi) is 3.93.